The fraction of sp³-hybridized carbons (Fsp3) is 0.348. The third kappa shape index (κ3) is 6.36. The molecule has 0 atom stereocenters. The van der Waals surface area contributed by atoms with E-state index in [1.165, 1.54) is 12.1 Å². The third-order valence-electron chi connectivity index (χ3n) is 5.13. The average Bonchev–Trinajstić information content (AvgIpc) is 3.19. The lowest BCUT2D eigenvalue weighted by atomic mass is 10.2. The second kappa shape index (κ2) is 10.7. The molecule has 2 N–H and O–H groups in total. The van der Waals surface area contributed by atoms with Crippen LogP contribution in [0.15, 0.2) is 48.5 Å². The Balaban J connectivity index is 1.52. The predicted octanol–water partition coefficient (Wildman–Crippen LogP) is 2.53. The van der Waals surface area contributed by atoms with Crippen molar-refractivity contribution in [1.29, 1.82) is 0 Å². The van der Waals surface area contributed by atoms with Crippen molar-refractivity contribution >= 4 is 29.1 Å². The first kappa shape index (κ1) is 22.4. The number of likely N-dealkylation sites (N-methyl/N-ethyl adjacent to an activating group) is 1. The van der Waals surface area contributed by atoms with E-state index in [0.717, 1.165) is 12.0 Å². The highest BCUT2D eigenvalue weighted by Crippen LogP contribution is 2.29. The summed E-state index contributed by atoms with van der Waals surface area (Å²) < 4.78 is 13.0. The highest BCUT2D eigenvalue weighted by atomic mass is 19.1. The van der Waals surface area contributed by atoms with E-state index in [-0.39, 0.29) is 36.6 Å². The van der Waals surface area contributed by atoms with E-state index in [9.17, 15) is 18.8 Å². The summed E-state index contributed by atoms with van der Waals surface area (Å²) in [4.78, 5) is 40.3. The molecule has 7 nitrogen and oxygen atoms in total. The topological polar surface area (TPSA) is 81.8 Å². The molecule has 1 fully saturated rings. The Labute approximate surface area is 181 Å². The van der Waals surface area contributed by atoms with Crippen LogP contribution < -0.4 is 15.5 Å². The minimum atomic E-state index is -0.325. The summed E-state index contributed by atoms with van der Waals surface area (Å²) in [6.45, 7) is 3.43. The summed E-state index contributed by atoms with van der Waals surface area (Å²) in [6.07, 6.45) is 1.32. The van der Waals surface area contributed by atoms with Crippen LogP contribution in [0.25, 0.3) is 0 Å². The molecule has 2 aromatic carbocycles. The molecule has 2 aromatic rings. The molecule has 1 aliphatic rings. The number of carbonyl (C=O) groups excluding carboxylic acids is 3. The Morgan fingerprint density at radius 1 is 1.06 bits per heavy atom. The van der Waals surface area contributed by atoms with Crippen LogP contribution in [0.3, 0.4) is 0 Å². The monoisotopic (exact) mass is 426 g/mol. The summed E-state index contributed by atoms with van der Waals surface area (Å²) in [6, 6.07) is 13.1. The van der Waals surface area contributed by atoms with E-state index in [0.29, 0.717) is 37.4 Å². The molecule has 0 aromatic heterocycles. The van der Waals surface area contributed by atoms with E-state index in [4.69, 9.17) is 0 Å². The Bertz CT molecular complexity index is 933. The summed E-state index contributed by atoms with van der Waals surface area (Å²) >= 11 is 0. The van der Waals surface area contributed by atoms with Crippen LogP contribution in [0.1, 0.15) is 25.3 Å². The minimum Gasteiger partial charge on any atom is -0.351 e. The highest BCUT2D eigenvalue weighted by Gasteiger charge is 2.24. The molecule has 1 aliphatic heterocycles. The average molecular weight is 426 g/mol. The molecule has 3 amide bonds. The normalized spacial score (nSPS) is 13.5. The van der Waals surface area contributed by atoms with Crippen LogP contribution in [-0.4, -0.2) is 48.8 Å². The van der Waals surface area contributed by atoms with E-state index < -0.39 is 0 Å². The minimum absolute atomic E-state index is 0.0444. The van der Waals surface area contributed by atoms with Crippen molar-refractivity contribution in [3.8, 4) is 0 Å². The lowest BCUT2D eigenvalue weighted by Gasteiger charge is -2.22. The lowest BCUT2D eigenvalue weighted by molar-refractivity contribution is -0.123. The Hall–Kier alpha value is -3.26. The molecule has 0 spiro atoms. The van der Waals surface area contributed by atoms with Crippen molar-refractivity contribution in [3.63, 3.8) is 0 Å². The van der Waals surface area contributed by atoms with Gasteiger partial charge < -0.3 is 15.5 Å². The van der Waals surface area contributed by atoms with Gasteiger partial charge in [-0.1, -0.05) is 31.2 Å². The molecular weight excluding hydrogens is 399 g/mol. The molecule has 0 aliphatic carbocycles. The van der Waals surface area contributed by atoms with E-state index >= 15 is 0 Å². The number of amides is 3. The van der Waals surface area contributed by atoms with Crippen LogP contribution in [0, 0.1) is 5.82 Å². The number of nitrogens with one attached hydrogen (secondary N) is 2. The molecule has 3 rings (SSSR count). The maximum Gasteiger partial charge on any atom is 0.238 e. The molecule has 1 heterocycles. The Morgan fingerprint density at radius 3 is 2.45 bits per heavy atom. The number of hydrogen-bond donors (Lipinski definition) is 2. The summed E-state index contributed by atoms with van der Waals surface area (Å²) in [5.74, 6) is -0.752. The molecular formula is C23H27FN4O3. The molecule has 31 heavy (non-hydrogen) atoms. The van der Waals surface area contributed by atoms with Gasteiger partial charge in [0.15, 0.2) is 0 Å². The molecule has 164 valence electrons. The number of carbonyl (C=O) groups is 3. The molecule has 1 saturated heterocycles. The van der Waals surface area contributed by atoms with Gasteiger partial charge in [0.1, 0.15) is 5.82 Å². The van der Waals surface area contributed by atoms with Gasteiger partial charge in [-0.15, -0.1) is 0 Å². The van der Waals surface area contributed by atoms with Crippen LogP contribution >= 0.6 is 0 Å². The summed E-state index contributed by atoms with van der Waals surface area (Å²) in [5, 5.41) is 5.65. The third-order valence-corrected chi connectivity index (χ3v) is 5.13. The van der Waals surface area contributed by atoms with Gasteiger partial charge in [-0.05, 0) is 42.8 Å². The Kier molecular flexibility index (Phi) is 7.72. The van der Waals surface area contributed by atoms with Gasteiger partial charge in [-0.2, -0.15) is 0 Å². The van der Waals surface area contributed by atoms with E-state index in [2.05, 4.69) is 10.6 Å². The van der Waals surface area contributed by atoms with Crippen molar-refractivity contribution in [2.75, 3.05) is 36.4 Å². The largest absolute Gasteiger partial charge is 0.351 e. The summed E-state index contributed by atoms with van der Waals surface area (Å²) in [7, 11) is 0. The lowest BCUT2D eigenvalue weighted by Crippen LogP contribution is -2.41. The smallest absolute Gasteiger partial charge is 0.238 e. The van der Waals surface area contributed by atoms with Gasteiger partial charge in [0.25, 0.3) is 0 Å². The zero-order valence-electron chi connectivity index (χ0n) is 17.6. The van der Waals surface area contributed by atoms with E-state index in [1.54, 1.807) is 34.1 Å². The SMILES string of the molecule is CCN(CC(=O)NCc1ccc(F)cc1)CC(=O)Nc1ccccc1N1CCCC1=O. The second-order valence-corrected chi connectivity index (χ2v) is 7.42. The van der Waals surface area contributed by atoms with Crippen LogP contribution in [-0.2, 0) is 20.9 Å². The van der Waals surface area contributed by atoms with Crippen molar-refractivity contribution in [1.82, 2.24) is 10.2 Å². The van der Waals surface area contributed by atoms with Gasteiger partial charge >= 0.3 is 0 Å². The maximum absolute atomic E-state index is 13.0. The number of benzene rings is 2. The molecule has 0 unspecified atom stereocenters. The summed E-state index contributed by atoms with van der Waals surface area (Å²) in [5.41, 5.74) is 2.07. The van der Waals surface area contributed by atoms with Crippen molar-refractivity contribution < 1.29 is 18.8 Å². The van der Waals surface area contributed by atoms with Gasteiger partial charge in [0.2, 0.25) is 17.7 Å². The molecule has 0 radical (unpaired) electrons. The van der Waals surface area contributed by atoms with Gasteiger partial charge in [0.05, 0.1) is 24.5 Å². The van der Waals surface area contributed by atoms with E-state index in [1.807, 2.05) is 19.1 Å². The fourth-order valence-corrected chi connectivity index (χ4v) is 3.45. The number of anilines is 2. The standard InChI is InChI=1S/C23H27FN4O3/c1-2-27(15-21(29)25-14-17-9-11-18(24)12-10-17)16-22(30)26-19-6-3-4-7-20(19)28-13-5-8-23(28)31/h3-4,6-7,9-12H,2,5,8,13-16H2,1H3,(H,25,29)(H,26,30). The molecule has 0 bridgehead atoms. The first-order chi connectivity index (χ1) is 15.0. The number of rotatable bonds is 9. The quantitative estimate of drug-likeness (QED) is 0.646. The number of hydrogen-bond acceptors (Lipinski definition) is 4. The van der Waals surface area contributed by atoms with Crippen LogP contribution in [0.2, 0.25) is 0 Å². The predicted molar refractivity (Wildman–Crippen MR) is 117 cm³/mol. The first-order valence-corrected chi connectivity index (χ1v) is 10.4. The van der Waals surface area contributed by atoms with Crippen LogP contribution in [0.4, 0.5) is 15.8 Å². The second-order valence-electron chi connectivity index (χ2n) is 7.42. The molecule has 8 heteroatoms. The van der Waals surface area contributed by atoms with Gasteiger partial charge in [-0.3, -0.25) is 19.3 Å². The van der Waals surface area contributed by atoms with Crippen molar-refractivity contribution in [2.24, 2.45) is 0 Å². The number of nitrogens with zero attached hydrogens (tertiary/aromatic N) is 2. The highest BCUT2D eigenvalue weighted by molar-refractivity contribution is 6.02. The zero-order valence-corrected chi connectivity index (χ0v) is 17.6. The number of halogens is 1. The first-order valence-electron chi connectivity index (χ1n) is 10.4. The zero-order chi connectivity index (χ0) is 22.2. The fourth-order valence-electron chi connectivity index (χ4n) is 3.45. The van der Waals surface area contributed by atoms with Gasteiger partial charge in [-0.25, -0.2) is 4.39 Å². The van der Waals surface area contributed by atoms with Crippen LogP contribution in [0.5, 0.6) is 0 Å². The van der Waals surface area contributed by atoms with Crippen molar-refractivity contribution in [3.05, 3.63) is 59.9 Å². The maximum atomic E-state index is 13.0. The van der Waals surface area contributed by atoms with Crippen molar-refractivity contribution in [2.45, 2.75) is 26.3 Å². The van der Waals surface area contributed by atoms with Gasteiger partial charge in [0, 0.05) is 19.5 Å². The Morgan fingerprint density at radius 2 is 1.77 bits per heavy atom. The molecule has 0 saturated carbocycles. The number of para-hydroxylation sites is 2.